The first-order valence-corrected chi connectivity index (χ1v) is 6.72. The molecule has 0 amide bonds. The number of halogens is 6. The lowest BCUT2D eigenvalue weighted by molar-refractivity contribution is -0.248. The molecule has 1 aliphatic heterocycles. The lowest BCUT2D eigenvalue weighted by Gasteiger charge is -2.38. The lowest BCUT2D eigenvalue weighted by Crippen LogP contribution is -2.61. The predicted octanol–water partition coefficient (Wildman–Crippen LogP) is 0.652. The van der Waals surface area contributed by atoms with E-state index in [9.17, 15) is 34.8 Å². The second-order valence-corrected chi connectivity index (χ2v) is 5.79. The van der Waals surface area contributed by atoms with E-state index in [1.54, 1.807) is 0 Å². The predicted molar refractivity (Wildman–Crippen MR) is 57.4 cm³/mol. The van der Waals surface area contributed by atoms with Crippen LogP contribution in [0.3, 0.4) is 0 Å². The van der Waals surface area contributed by atoms with E-state index in [4.69, 9.17) is 5.11 Å². The summed E-state index contributed by atoms with van der Waals surface area (Å²) in [6, 6.07) is 0. The summed E-state index contributed by atoms with van der Waals surface area (Å²) in [5, 5.41) is 8.71. The zero-order valence-corrected chi connectivity index (χ0v) is 11.2. The number of sulfonamides is 1. The van der Waals surface area contributed by atoms with Crippen molar-refractivity contribution < 1.29 is 39.9 Å². The highest BCUT2D eigenvalue weighted by Gasteiger charge is 2.63. The Hall–Kier alpha value is -1.21. The summed E-state index contributed by atoms with van der Waals surface area (Å²) in [5.41, 5.74) is -6.11. The van der Waals surface area contributed by atoms with E-state index in [0.717, 1.165) is 19.4 Å². The molecule has 1 aliphatic rings. The second-order valence-electron chi connectivity index (χ2n) is 3.99. The number of nitrogens with zero attached hydrogens (tertiary/aromatic N) is 3. The van der Waals surface area contributed by atoms with E-state index in [1.807, 2.05) is 0 Å². The van der Waals surface area contributed by atoms with Gasteiger partial charge in [-0.15, -0.1) is 0 Å². The Morgan fingerprint density at radius 2 is 1.71 bits per heavy atom. The minimum atomic E-state index is -6.66. The molecule has 124 valence electrons. The molecule has 1 heterocycles. The normalized spacial score (nSPS) is 20.7. The Balaban J connectivity index is 3.34. The SMILES string of the molecule is CN1C=CN(CCO)C1N(C(F)(F)F)S(=O)(=O)C(F)(F)F. The molecule has 0 aromatic carbocycles. The summed E-state index contributed by atoms with van der Waals surface area (Å²) in [6.07, 6.45) is -6.19. The highest BCUT2D eigenvalue weighted by atomic mass is 32.2. The van der Waals surface area contributed by atoms with Crippen LogP contribution < -0.4 is 0 Å². The van der Waals surface area contributed by atoms with Gasteiger partial charge in [0.1, 0.15) is 0 Å². The van der Waals surface area contributed by atoms with Crippen molar-refractivity contribution in [3.63, 3.8) is 0 Å². The smallest absolute Gasteiger partial charge is 0.395 e. The minimum absolute atomic E-state index is 0.481. The number of aliphatic hydroxyl groups is 1. The van der Waals surface area contributed by atoms with Gasteiger partial charge in [0.25, 0.3) is 0 Å². The van der Waals surface area contributed by atoms with E-state index in [0.29, 0.717) is 9.80 Å². The minimum Gasteiger partial charge on any atom is -0.395 e. The Kier molecular flexibility index (Phi) is 4.70. The third-order valence-corrected chi connectivity index (χ3v) is 4.02. The Labute approximate surface area is 115 Å². The van der Waals surface area contributed by atoms with Crippen molar-refractivity contribution in [3.05, 3.63) is 12.4 Å². The highest BCUT2D eigenvalue weighted by Crippen LogP contribution is 2.38. The molecule has 13 heteroatoms. The molecule has 0 fully saturated rings. The first-order valence-electron chi connectivity index (χ1n) is 5.28. The Morgan fingerprint density at radius 3 is 2.10 bits per heavy atom. The number of alkyl halides is 6. The maximum absolute atomic E-state index is 12.9. The van der Waals surface area contributed by atoms with Gasteiger partial charge in [0, 0.05) is 26.0 Å². The van der Waals surface area contributed by atoms with Crippen molar-refractivity contribution in [3.8, 4) is 0 Å². The van der Waals surface area contributed by atoms with Crippen molar-refractivity contribution in [1.82, 2.24) is 14.1 Å². The topological polar surface area (TPSA) is 64.1 Å². The van der Waals surface area contributed by atoms with Crippen molar-refractivity contribution in [2.75, 3.05) is 20.2 Å². The van der Waals surface area contributed by atoms with Crippen LogP contribution in [0.1, 0.15) is 0 Å². The molecule has 0 saturated heterocycles. The average molecular weight is 343 g/mol. The third kappa shape index (κ3) is 3.35. The van der Waals surface area contributed by atoms with Crippen molar-refractivity contribution in [2.45, 2.75) is 18.1 Å². The number of rotatable bonds is 4. The van der Waals surface area contributed by atoms with E-state index in [2.05, 4.69) is 0 Å². The van der Waals surface area contributed by atoms with E-state index in [1.165, 1.54) is 0 Å². The molecule has 0 aliphatic carbocycles. The first kappa shape index (κ1) is 17.8. The summed E-state index contributed by atoms with van der Waals surface area (Å²) in [6.45, 7) is -1.15. The van der Waals surface area contributed by atoms with Crippen LogP contribution in [0.5, 0.6) is 0 Å². The second kappa shape index (κ2) is 5.53. The van der Waals surface area contributed by atoms with Gasteiger partial charge >= 0.3 is 21.8 Å². The lowest BCUT2D eigenvalue weighted by atomic mass is 10.5. The van der Waals surface area contributed by atoms with Gasteiger partial charge in [0.2, 0.25) is 0 Å². The van der Waals surface area contributed by atoms with E-state index in [-0.39, 0.29) is 0 Å². The fraction of sp³-hybridized carbons (Fsp3) is 0.750. The van der Waals surface area contributed by atoms with Gasteiger partial charge in [-0.3, -0.25) is 0 Å². The zero-order valence-electron chi connectivity index (χ0n) is 10.4. The number of β-amino-alcohol motifs (C(OH)–C–C–N with tert-alkyl or cyclic N) is 1. The summed E-state index contributed by atoms with van der Waals surface area (Å²) in [5.74, 6) is 0. The molecule has 1 atom stereocenters. The molecule has 1 rings (SSSR count). The fourth-order valence-electron chi connectivity index (χ4n) is 1.69. The standard InChI is InChI=1S/C8H11F6N3O3S/c1-15-2-3-16(4-5-18)6(15)17(7(9,10)11)21(19,20)8(12,13)14/h2-3,6,18H,4-5H2,1H3. The van der Waals surface area contributed by atoms with E-state index < -0.39 is 45.6 Å². The maximum Gasteiger partial charge on any atom is 0.512 e. The number of aliphatic hydroxyl groups excluding tert-OH is 1. The van der Waals surface area contributed by atoms with Crippen LogP contribution >= 0.6 is 0 Å². The highest BCUT2D eigenvalue weighted by molar-refractivity contribution is 7.90. The quantitative estimate of drug-likeness (QED) is 0.600. The van der Waals surface area contributed by atoms with Crippen LogP contribution in [-0.2, 0) is 10.0 Å². The summed E-state index contributed by atoms with van der Waals surface area (Å²) in [7, 11) is -5.69. The van der Waals surface area contributed by atoms with Crippen LogP contribution in [0.25, 0.3) is 0 Å². The summed E-state index contributed by atoms with van der Waals surface area (Å²) in [4.78, 5) is 1.25. The molecule has 21 heavy (non-hydrogen) atoms. The van der Waals surface area contributed by atoms with Crippen LogP contribution in [0.15, 0.2) is 12.4 Å². The molecule has 1 unspecified atom stereocenters. The van der Waals surface area contributed by atoms with Crippen molar-refractivity contribution in [2.24, 2.45) is 0 Å². The Morgan fingerprint density at radius 1 is 1.19 bits per heavy atom. The molecule has 0 radical (unpaired) electrons. The summed E-state index contributed by atoms with van der Waals surface area (Å²) >= 11 is 0. The van der Waals surface area contributed by atoms with Crippen LogP contribution in [0.4, 0.5) is 26.3 Å². The fourth-order valence-corrected chi connectivity index (χ4v) is 2.70. The third-order valence-electron chi connectivity index (χ3n) is 2.52. The van der Waals surface area contributed by atoms with Crippen LogP contribution in [-0.4, -0.2) is 65.9 Å². The van der Waals surface area contributed by atoms with Crippen LogP contribution in [0, 0.1) is 0 Å². The van der Waals surface area contributed by atoms with Crippen LogP contribution in [0.2, 0.25) is 0 Å². The number of hydrogen-bond acceptors (Lipinski definition) is 5. The zero-order chi connectivity index (χ0) is 16.6. The molecule has 6 nitrogen and oxygen atoms in total. The number of hydrogen-bond donors (Lipinski definition) is 1. The van der Waals surface area contributed by atoms with Gasteiger partial charge in [-0.25, -0.2) is 8.42 Å². The maximum atomic E-state index is 12.9. The van der Waals surface area contributed by atoms with Gasteiger partial charge < -0.3 is 14.9 Å². The van der Waals surface area contributed by atoms with Gasteiger partial charge in [0.15, 0.2) is 6.29 Å². The largest absolute Gasteiger partial charge is 0.512 e. The molecule has 0 spiro atoms. The monoisotopic (exact) mass is 343 g/mol. The first-order chi connectivity index (χ1) is 9.34. The molecule has 0 bridgehead atoms. The molecule has 1 N–H and O–H groups in total. The van der Waals surface area contributed by atoms with Gasteiger partial charge in [-0.2, -0.15) is 26.3 Å². The molecule has 0 saturated carbocycles. The van der Waals surface area contributed by atoms with Crippen molar-refractivity contribution >= 4 is 10.0 Å². The molecule has 0 aromatic heterocycles. The van der Waals surface area contributed by atoms with Gasteiger partial charge in [-0.05, 0) is 0 Å². The average Bonchev–Trinajstić information content (AvgIpc) is 2.58. The summed E-state index contributed by atoms with van der Waals surface area (Å²) < 4.78 is 96.9. The van der Waals surface area contributed by atoms with E-state index >= 15 is 0 Å². The molecule has 0 aromatic rings. The van der Waals surface area contributed by atoms with Gasteiger partial charge in [-0.1, -0.05) is 4.31 Å². The Bertz CT molecular complexity index is 502. The van der Waals surface area contributed by atoms with Gasteiger partial charge in [0.05, 0.1) is 6.61 Å². The van der Waals surface area contributed by atoms with Crippen molar-refractivity contribution in [1.29, 1.82) is 0 Å². The molecular weight excluding hydrogens is 332 g/mol. The molecular formula is C8H11F6N3O3S.